The molecule has 2 N–H and O–H groups in total. The summed E-state index contributed by atoms with van der Waals surface area (Å²) in [6.07, 6.45) is 0. The van der Waals surface area contributed by atoms with E-state index in [0.29, 0.717) is 5.57 Å². The molecular formula is C14H30N2O3Si. The van der Waals surface area contributed by atoms with Crippen molar-refractivity contribution >= 4 is 15.0 Å². The molecule has 20 heavy (non-hydrogen) atoms. The summed E-state index contributed by atoms with van der Waals surface area (Å²) in [4.78, 5) is 12.4. The summed E-state index contributed by atoms with van der Waals surface area (Å²) in [6.45, 7) is 19.4. The number of carbonyl (C=O) groups excluding carboxylic acids is 1. The van der Waals surface area contributed by atoms with E-state index >= 15 is 0 Å². The van der Waals surface area contributed by atoms with E-state index in [1.807, 2.05) is 54.6 Å². The molecule has 0 aliphatic rings. The van der Waals surface area contributed by atoms with Gasteiger partial charge in [-0.25, -0.2) is 10.6 Å². The number of hydrazine groups is 1. The van der Waals surface area contributed by atoms with Gasteiger partial charge in [-0.2, -0.15) is 0 Å². The maximum Gasteiger partial charge on any atom is 0.332 e. The Morgan fingerprint density at radius 2 is 1.65 bits per heavy atom. The second-order valence-electron chi connectivity index (χ2n) is 7.23. The first-order valence-corrected chi connectivity index (χ1v) is 9.66. The van der Waals surface area contributed by atoms with Gasteiger partial charge in [-0.05, 0) is 44.9 Å². The van der Waals surface area contributed by atoms with Gasteiger partial charge in [-0.1, -0.05) is 27.4 Å². The number of hydrogen-bond donors (Lipinski definition) is 1. The summed E-state index contributed by atoms with van der Waals surface area (Å²) in [5.74, 6) is 5.48. The Balaban J connectivity index is 5.27. The van der Waals surface area contributed by atoms with Crippen LogP contribution in [-0.4, -0.2) is 31.8 Å². The molecule has 0 fully saturated rings. The minimum Gasteiger partial charge on any atom is -0.458 e. The zero-order chi connectivity index (χ0) is 16.3. The summed E-state index contributed by atoms with van der Waals surface area (Å²) in [5, 5.41) is 1.11. The minimum atomic E-state index is -1.42. The fourth-order valence-corrected chi connectivity index (χ4v) is 2.08. The molecule has 0 spiro atoms. The summed E-state index contributed by atoms with van der Waals surface area (Å²) >= 11 is 0. The number of nitrogens with zero attached hydrogens (tertiary/aromatic N) is 1. The summed E-state index contributed by atoms with van der Waals surface area (Å²) in [6, 6.07) is -0.802. The molecule has 0 amide bonds. The molecular weight excluding hydrogens is 272 g/mol. The zero-order valence-electron chi connectivity index (χ0n) is 14.1. The summed E-state index contributed by atoms with van der Waals surface area (Å²) < 4.78 is 11.0. The van der Waals surface area contributed by atoms with Crippen molar-refractivity contribution in [3.8, 4) is 0 Å². The van der Waals surface area contributed by atoms with Gasteiger partial charge in [0.05, 0.1) is 0 Å². The predicted molar refractivity (Wildman–Crippen MR) is 84.2 cm³/mol. The van der Waals surface area contributed by atoms with Crippen molar-refractivity contribution in [2.45, 2.75) is 66.3 Å². The monoisotopic (exact) mass is 302 g/mol. The van der Waals surface area contributed by atoms with Crippen molar-refractivity contribution in [1.82, 2.24) is 5.17 Å². The largest absolute Gasteiger partial charge is 0.458 e. The van der Waals surface area contributed by atoms with E-state index in [0.717, 1.165) is 5.17 Å². The lowest BCUT2D eigenvalue weighted by Crippen LogP contribution is -2.52. The van der Waals surface area contributed by atoms with Crippen LogP contribution in [0, 0.1) is 5.41 Å². The molecule has 5 nitrogen and oxygen atoms in total. The quantitative estimate of drug-likeness (QED) is 0.278. The van der Waals surface area contributed by atoms with Crippen molar-refractivity contribution in [2.75, 3.05) is 0 Å². The molecule has 0 rings (SSSR count). The first kappa shape index (κ1) is 19.3. The average molecular weight is 302 g/mol. The van der Waals surface area contributed by atoms with Gasteiger partial charge in [0.1, 0.15) is 5.60 Å². The van der Waals surface area contributed by atoms with Crippen LogP contribution in [0.15, 0.2) is 12.2 Å². The molecule has 1 atom stereocenters. The van der Waals surface area contributed by atoms with Crippen LogP contribution in [0.5, 0.6) is 0 Å². The fraction of sp³-hybridized carbons (Fsp3) is 0.786. The molecule has 0 aliphatic heterocycles. The highest BCUT2D eigenvalue weighted by Gasteiger charge is 2.37. The zero-order valence-corrected chi connectivity index (χ0v) is 15.3. The molecule has 0 radical (unpaired) electrons. The van der Waals surface area contributed by atoms with Crippen molar-refractivity contribution < 1.29 is 14.1 Å². The Bertz CT molecular complexity index is 356. The Morgan fingerprint density at radius 1 is 1.20 bits per heavy atom. The van der Waals surface area contributed by atoms with Crippen LogP contribution in [0.25, 0.3) is 0 Å². The second kappa shape index (κ2) is 6.84. The number of carbonyl (C=O) groups is 1. The van der Waals surface area contributed by atoms with E-state index in [9.17, 15) is 4.79 Å². The van der Waals surface area contributed by atoms with E-state index in [1.165, 1.54) is 0 Å². The Hall–Kier alpha value is -0.693. The van der Waals surface area contributed by atoms with Gasteiger partial charge in [0.2, 0.25) is 9.04 Å². The van der Waals surface area contributed by atoms with E-state index in [4.69, 9.17) is 15.1 Å². The Kier molecular flexibility index (Phi) is 6.61. The molecule has 0 heterocycles. The van der Waals surface area contributed by atoms with Crippen LogP contribution >= 0.6 is 0 Å². The first-order valence-electron chi connectivity index (χ1n) is 6.88. The summed E-state index contributed by atoms with van der Waals surface area (Å²) in [7, 11) is -1.42. The SMILES string of the molecule is C=C(C(C(=O)OC(C)(C)C)N(N)O[SiH](C)C)C(C)(C)C. The van der Waals surface area contributed by atoms with Gasteiger partial charge in [-0.3, -0.25) is 0 Å². The van der Waals surface area contributed by atoms with Crippen molar-refractivity contribution in [3.05, 3.63) is 12.2 Å². The van der Waals surface area contributed by atoms with Gasteiger partial charge in [-0.15, -0.1) is 5.17 Å². The fourth-order valence-electron chi connectivity index (χ4n) is 1.47. The lowest BCUT2D eigenvalue weighted by atomic mass is 9.83. The number of nitrogens with two attached hydrogens (primary N) is 1. The number of esters is 1. The van der Waals surface area contributed by atoms with Crippen LogP contribution in [0.3, 0.4) is 0 Å². The molecule has 0 aliphatic carbocycles. The Labute approximate surface area is 124 Å². The van der Waals surface area contributed by atoms with E-state index in [-0.39, 0.29) is 5.41 Å². The predicted octanol–water partition coefficient (Wildman–Crippen LogP) is 2.39. The van der Waals surface area contributed by atoms with Crippen LogP contribution in [0.4, 0.5) is 0 Å². The molecule has 0 bridgehead atoms. The molecule has 0 saturated carbocycles. The molecule has 1 unspecified atom stereocenters. The van der Waals surface area contributed by atoms with Gasteiger partial charge < -0.3 is 9.26 Å². The number of hydrogen-bond acceptors (Lipinski definition) is 5. The first-order chi connectivity index (χ1) is 8.75. The van der Waals surface area contributed by atoms with Crippen molar-refractivity contribution in [3.63, 3.8) is 0 Å². The molecule has 118 valence electrons. The molecule has 6 heteroatoms. The standard InChI is InChI=1S/C14H30N2O3Si/c1-10(13(2,3)4)11(16(15)19-20(8)9)12(17)18-14(5,6)7/h11,20H,1,15H2,2-9H3. The summed E-state index contributed by atoms with van der Waals surface area (Å²) in [5.41, 5.74) is -0.186. The highest BCUT2D eigenvalue weighted by atomic mass is 28.3. The van der Waals surface area contributed by atoms with Crippen molar-refractivity contribution in [2.24, 2.45) is 11.3 Å². The van der Waals surface area contributed by atoms with Gasteiger partial charge in [0.25, 0.3) is 0 Å². The number of ether oxygens (including phenoxy) is 1. The normalized spacial score (nSPS) is 14.6. The van der Waals surface area contributed by atoms with E-state index in [1.54, 1.807) is 0 Å². The third kappa shape index (κ3) is 6.65. The smallest absolute Gasteiger partial charge is 0.332 e. The maximum atomic E-state index is 12.4. The van der Waals surface area contributed by atoms with E-state index in [2.05, 4.69) is 6.58 Å². The molecule has 0 aromatic heterocycles. The number of rotatable bonds is 5. The lowest BCUT2D eigenvalue weighted by molar-refractivity contribution is -0.176. The molecule has 0 saturated heterocycles. The lowest BCUT2D eigenvalue weighted by Gasteiger charge is -2.35. The maximum absolute atomic E-state index is 12.4. The van der Waals surface area contributed by atoms with Crippen LogP contribution in [0.2, 0.25) is 13.1 Å². The van der Waals surface area contributed by atoms with Gasteiger partial charge in [0.15, 0.2) is 6.04 Å². The number of hydroxylamine groups is 1. The molecule has 0 aromatic rings. The van der Waals surface area contributed by atoms with Crippen LogP contribution in [0.1, 0.15) is 41.5 Å². The third-order valence-electron chi connectivity index (χ3n) is 2.51. The van der Waals surface area contributed by atoms with Gasteiger partial charge in [0, 0.05) is 0 Å². The average Bonchev–Trinajstić information content (AvgIpc) is 2.11. The molecule has 0 aromatic carbocycles. The highest BCUT2D eigenvalue weighted by molar-refractivity contribution is 6.48. The Morgan fingerprint density at radius 3 is 1.95 bits per heavy atom. The third-order valence-corrected chi connectivity index (χ3v) is 3.18. The van der Waals surface area contributed by atoms with Crippen LogP contribution < -0.4 is 5.84 Å². The second-order valence-corrected chi connectivity index (χ2v) is 9.53. The minimum absolute atomic E-state index is 0.277. The van der Waals surface area contributed by atoms with Gasteiger partial charge >= 0.3 is 5.97 Å². The van der Waals surface area contributed by atoms with E-state index < -0.39 is 26.7 Å². The van der Waals surface area contributed by atoms with Crippen LogP contribution in [-0.2, 0) is 14.1 Å². The van der Waals surface area contributed by atoms with Crippen molar-refractivity contribution in [1.29, 1.82) is 0 Å². The topological polar surface area (TPSA) is 64.8 Å². The highest BCUT2D eigenvalue weighted by Crippen LogP contribution is 2.29.